The lowest BCUT2D eigenvalue weighted by atomic mass is 9.94. The second-order valence-corrected chi connectivity index (χ2v) is 5.93. The van der Waals surface area contributed by atoms with Gasteiger partial charge in [-0.2, -0.15) is 0 Å². The minimum atomic E-state index is -1.02. The number of aromatic amines is 1. The summed E-state index contributed by atoms with van der Waals surface area (Å²) in [4.78, 5) is 18.7. The highest BCUT2D eigenvalue weighted by molar-refractivity contribution is 5.92. The number of rotatable bonds is 3. The number of fused-ring (bicyclic) bond motifs is 1. The molecule has 6 nitrogen and oxygen atoms in total. The van der Waals surface area contributed by atoms with E-state index in [-0.39, 0.29) is 11.5 Å². The topological polar surface area (TPSA) is 90.0 Å². The molecule has 2 heterocycles. The Morgan fingerprint density at radius 1 is 1.20 bits per heavy atom. The van der Waals surface area contributed by atoms with Crippen LogP contribution in [0.2, 0.25) is 0 Å². The van der Waals surface area contributed by atoms with Crippen LogP contribution in [0.4, 0.5) is 8.78 Å². The van der Waals surface area contributed by atoms with Crippen LogP contribution in [-0.4, -0.2) is 27.6 Å². The number of carboxylic acid groups (broad SMARTS) is 1. The summed E-state index contributed by atoms with van der Waals surface area (Å²) in [6.45, 7) is 0.493. The molecule has 2 atom stereocenters. The first-order valence-corrected chi connectivity index (χ1v) is 7.69. The molecular weight excluding hydrogens is 330 g/mol. The average Bonchev–Trinajstić information content (AvgIpc) is 3.20. The molecule has 128 valence electrons. The van der Waals surface area contributed by atoms with Gasteiger partial charge in [-0.1, -0.05) is 6.07 Å². The molecule has 1 fully saturated rings. The van der Waals surface area contributed by atoms with Crippen molar-refractivity contribution in [3.63, 3.8) is 0 Å². The maximum Gasteiger partial charge on any atom is 0.335 e. The Morgan fingerprint density at radius 3 is 2.80 bits per heavy atom. The highest BCUT2D eigenvalue weighted by Crippen LogP contribution is 2.34. The Morgan fingerprint density at radius 2 is 2.04 bits per heavy atom. The van der Waals surface area contributed by atoms with Crippen molar-refractivity contribution < 1.29 is 18.7 Å². The monoisotopic (exact) mass is 344 g/mol. The van der Waals surface area contributed by atoms with Gasteiger partial charge in [-0.15, -0.1) is 0 Å². The number of hydrogen-bond acceptors (Lipinski definition) is 4. The fraction of sp³-hybridized carbons (Fsp3) is 0.176. The largest absolute Gasteiger partial charge is 0.478 e. The lowest BCUT2D eigenvalue weighted by molar-refractivity contribution is 0.0697. The number of carboxylic acids is 1. The lowest BCUT2D eigenvalue weighted by Crippen LogP contribution is -2.25. The van der Waals surface area contributed by atoms with Crippen LogP contribution in [0.3, 0.4) is 0 Å². The number of halogens is 2. The summed E-state index contributed by atoms with van der Waals surface area (Å²) in [5, 5.41) is 9.08. The number of benzene rings is 2. The summed E-state index contributed by atoms with van der Waals surface area (Å²) in [5.74, 6) is -1.90. The normalized spacial score (nSPS) is 20.2. The van der Waals surface area contributed by atoms with Gasteiger partial charge < -0.3 is 10.1 Å². The van der Waals surface area contributed by atoms with E-state index in [1.54, 1.807) is 6.07 Å². The smallest absolute Gasteiger partial charge is 0.335 e. The number of aromatic nitrogens is 2. The van der Waals surface area contributed by atoms with Gasteiger partial charge >= 0.3 is 5.97 Å². The van der Waals surface area contributed by atoms with E-state index >= 15 is 0 Å². The van der Waals surface area contributed by atoms with E-state index in [4.69, 9.17) is 5.11 Å². The van der Waals surface area contributed by atoms with Crippen molar-refractivity contribution in [1.82, 2.24) is 20.8 Å². The van der Waals surface area contributed by atoms with E-state index < -0.39 is 23.6 Å². The first kappa shape index (κ1) is 15.7. The van der Waals surface area contributed by atoms with Crippen molar-refractivity contribution in [2.45, 2.75) is 12.0 Å². The number of imidazole rings is 1. The van der Waals surface area contributed by atoms with E-state index in [1.165, 1.54) is 24.3 Å². The van der Waals surface area contributed by atoms with Crippen molar-refractivity contribution >= 4 is 17.0 Å². The van der Waals surface area contributed by atoms with Crippen LogP contribution in [-0.2, 0) is 0 Å². The molecule has 4 N–H and O–H groups in total. The predicted molar refractivity (Wildman–Crippen MR) is 86.0 cm³/mol. The summed E-state index contributed by atoms with van der Waals surface area (Å²) in [6, 6.07) is 7.67. The van der Waals surface area contributed by atoms with Gasteiger partial charge in [0.1, 0.15) is 17.5 Å². The molecule has 4 rings (SSSR count). The zero-order valence-electron chi connectivity index (χ0n) is 12.9. The van der Waals surface area contributed by atoms with Crippen LogP contribution in [0.1, 0.15) is 33.7 Å². The summed E-state index contributed by atoms with van der Waals surface area (Å²) in [6.07, 6.45) is 0. The third-order valence-electron chi connectivity index (χ3n) is 4.38. The summed E-state index contributed by atoms with van der Waals surface area (Å²) in [5.41, 5.74) is 7.68. The first-order valence-electron chi connectivity index (χ1n) is 7.69. The zero-order chi connectivity index (χ0) is 17.6. The third kappa shape index (κ3) is 2.75. The van der Waals surface area contributed by atoms with Crippen molar-refractivity contribution in [3.8, 4) is 0 Å². The average molecular weight is 344 g/mol. The molecule has 0 bridgehead atoms. The van der Waals surface area contributed by atoms with E-state index in [0.717, 1.165) is 6.07 Å². The van der Waals surface area contributed by atoms with E-state index in [0.29, 0.717) is 29.0 Å². The van der Waals surface area contributed by atoms with Gasteiger partial charge in [-0.05, 0) is 24.3 Å². The van der Waals surface area contributed by atoms with E-state index in [2.05, 4.69) is 20.8 Å². The molecule has 3 aromatic rings. The number of nitrogens with zero attached hydrogens (tertiary/aromatic N) is 1. The Balaban J connectivity index is 1.72. The Bertz CT molecular complexity index is 972. The second-order valence-electron chi connectivity index (χ2n) is 5.93. The van der Waals surface area contributed by atoms with Crippen LogP contribution < -0.4 is 10.9 Å². The second kappa shape index (κ2) is 5.91. The fourth-order valence-corrected chi connectivity index (χ4v) is 3.14. The number of carbonyl (C=O) groups is 1. The Kier molecular flexibility index (Phi) is 3.70. The van der Waals surface area contributed by atoms with E-state index in [9.17, 15) is 13.6 Å². The molecule has 8 heteroatoms. The molecule has 0 radical (unpaired) electrons. The van der Waals surface area contributed by atoms with Gasteiger partial charge in [0.2, 0.25) is 0 Å². The number of hydrogen-bond donors (Lipinski definition) is 4. The highest BCUT2D eigenvalue weighted by Gasteiger charge is 2.33. The summed E-state index contributed by atoms with van der Waals surface area (Å²) in [7, 11) is 0. The SMILES string of the molecule is O=C(O)c1ccc2nc(C3CNNC3c3ccc(F)cc3F)[nH]c2c1. The minimum absolute atomic E-state index is 0.159. The van der Waals surface area contributed by atoms with Crippen LogP contribution >= 0.6 is 0 Å². The molecule has 1 aromatic heterocycles. The van der Waals surface area contributed by atoms with Crippen molar-refractivity contribution in [2.75, 3.05) is 6.54 Å². The van der Waals surface area contributed by atoms with Crippen LogP contribution in [0.15, 0.2) is 36.4 Å². The molecule has 0 spiro atoms. The van der Waals surface area contributed by atoms with E-state index in [1.807, 2.05) is 0 Å². The number of H-pyrrole nitrogens is 1. The van der Waals surface area contributed by atoms with Crippen LogP contribution in [0.5, 0.6) is 0 Å². The molecule has 2 unspecified atom stereocenters. The molecule has 25 heavy (non-hydrogen) atoms. The highest BCUT2D eigenvalue weighted by atomic mass is 19.1. The lowest BCUT2D eigenvalue weighted by Gasteiger charge is -2.17. The quantitative estimate of drug-likeness (QED) is 0.586. The summed E-state index contributed by atoms with van der Waals surface area (Å²) < 4.78 is 27.3. The fourth-order valence-electron chi connectivity index (χ4n) is 3.14. The molecule has 0 amide bonds. The minimum Gasteiger partial charge on any atom is -0.478 e. The predicted octanol–water partition coefficient (Wildman–Crippen LogP) is 2.47. The standard InChI is InChI=1S/C17H14F2N4O2/c18-9-2-3-10(12(19)6-9)15-11(7-20-23-15)16-21-13-4-1-8(17(24)25)5-14(13)22-16/h1-6,11,15,20,23H,7H2,(H,21,22)(H,24,25). The van der Waals surface area contributed by atoms with Crippen molar-refractivity contribution in [2.24, 2.45) is 0 Å². The number of aromatic carboxylic acids is 1. The van der Waals surface area contributed by atoms with Gasteiger partial charge in [0, 0.05) is 18.2 Å². The first-order chi connectivity index (χ1) is 12.0. The third-order valence-corrected chi connectivity index (χ3v) is 4.38. The molecule has 0 saturated carbocycles. The molecular formula is C17H14F2N4O2. The van der Waals surface area contributed by atoms with Crippen molar-refractivity contribution in [3.05, 3.63) is 65.0 Å². The number of nitrogens with one attached hydrogen (secondary N) is 3. The van der Waals surface area contributed by atoms with Gasteiger partial charge in [-0.25, -0.2) is 24.0 Å². The van der Waals surface area contributed by atoms with Gasteiger partial charge in [0.25, 0.3) is 0 Å². The van der Waals surface area contributed by atoms with Gasteiger partial charge in [-0.3, -0.25) is 5.43 Å². The molecule has 1 aliphatic heterocycles. The molecule has 2 aromatic carbocycles. The summed E-state index contributed by atoms with van der Waals surface area (Å²) >= 11 is 0. The van der Waals surface area contributed by atoms with Crippen LogP contribution in [0.25, 0.3) is 11.0 Å². The van der Waals surface area contributed by atoms with Gasteiger partial charge in [0.05, 0.1) is 28.6 Å². The molecule has 1 saturated heterocycles. The maximum absolute atomic E-state index is 14.1. The number of hydrazine groups is 1. The maximum atomic E-state index is 14.1. The van der Waals surface area contributed by atoms with Gasteiger partial charge in [0.15, 0.2) is 0 Å². The van der Waals surface area contributed by atoms with Crippen LogP contribution in [0, 0.1) is 11.6 Å². The molecule has 0 aliphatic carbocycles. The Hall–Kier alpha value is -2.84. The van der Waals surface area contributed by atoms with Crippen molar-refractivity contribution in [1.29, 1.82) is 0 Å². The zero-order valence-corrected chi connectivity index (χ0v) is 12.9. The Labute approximate surface area is 140 Å². The molecule has 1 aliphatic rings.